The van der Waals surface area contributed by atoms with Gasteiger partial charge in [0.15, 0.2) is 0 Å². The molecule has 0 saturated heterocycles. The topological polar surface area (TPSA) is 29.9 Å². The molecule has 1 aromatic heterocycles. The molecule has 1 aromatic rings. The number of anilines is 1. The van der Waals surface area contributed by atoms with Crippen LogP contribution in [0.1, 0.15) is 6.92 Å². The predicted molar refractivity (Wildman–Crippen MR) is 34.6 cm³/mol. The molecule has 0 atom stereocenters. The Bertz CT molecular complexity index is 171. The van der Waals surface area contributed by atoms with Crippen molar-refractivity contribution in [3.63, 3.8) is 0 Å². The second-order valence-corrected chi connectivity index (χ2v) is 2.45. The Morgan fingerprint density at radius 1 is 1.88 bits per heavy atom. The molecular weight excluding hydrogens is 120 g/mol. The third-order valence-corrected chi connectivity index (χ3v) is 1.79. The van der Waals surface area contributed by atoms with Crippen LogP contribution in [0.5, 0.6) is 0 Å². The van der Waals surface area contributed by atoms with Crippen molar-refractivity contribution in [1.29, 1.82) is 0 Å². The summed E-state index contributed by atoms with van der Waals surface area (Å²) in [6.07, 6.45) is 1.99. The molecule has 0 aliphatic carbocycles. The largest absolute Gasteiger partial charge is 0.331 e. The maximum absolute atomic E-state index is 5.53. The van der Waals surface area contributed by atoms with E-state index < -0.39 is 0 Å². The van der Waals surface area contributed by atoms with Crippen LogP contribution in [0.2, 0.25) is 0 Å². The molecule has 8 heavy (non-hydrogen) atoms. The normalized spacial score (nSPS) is 9.62. The van der Waals surface area contributed by atoms with Crippen molar-refractivity contribution in [3.8, 4) is 0 Å². The lowest BCUT2D eigenvalue weighted by Gasteiger charge is -1.85. The lowest BCUT2D eigenvalue weighted by atomic mass is 10.7. The summed E-state index contributed by atoms with van der Waals surface area (Å²) in [6, 6.07) is 0. The molecule has 0 unspecified atom stereocenters. The van der Waals surface area contributed by atoms with Crippen LogP contribution in [0.15, 0.2) is 11.6 Å². The van der Waals surface area contributed by atoms with Crippen molar-refractivity contribution < 1.29 is 4.57 Å². The van der Waals surface area contributed by atoms with E-state index in [-0.39, 0.29) is 0 Å². The predicted octanol–water partition coefficient (Wildman–Crippen LogP) is 0.638. The maximum atomic E-state index is 5.53. The summed E-state index contributed by atoms with van der Waals surface area (Å²) in [4.78, 5) is 0. The first-order valence-electron chi connectivity index (χ1n) is 2.57. The van der Waals surface area contributed by atoms with Gasteiger partial charge in [-0.2, -0.15) is 0 Å². The van der Waals surface area contributed by atoms with Gasteiger partial charge in [0, 0.05) is 5.38 Å². The van der Waals surface area contributed by atoms with Gasteiger partial charge < -0.3 is 0 Å². The third kappa shape index (κ3) is 0.816. The molecule has 44 valence electrons. The fourth-order valence-corrected chi connectivity index (χ4v) is 1.25. The number of rotatable bonds is 1. The zero-order valence-electron chi connectivity index (χ0n) is 4.79. The molecule has 0 radical (unpaired) electrons. The van der Waals surface area contributed by atoms with Gasteiger partial charge in [-0.15, -0.1) is 0 Å². The lowest BCUT2D eigenvalue weighted by molar-refractivity contribution is -0.675. The summed E-state index contributed by atoms with van der Waals surface area (Å²) in [5.74, 6) is 0. The van der Waals surface area contributed by atoms with E-state index in [0.717, 1.165) is 11.7 Å². The van der Waals surface area contributed by atoms with Crippen LogP contribution in [0.25, 0.3) is 0 Å². The summed E-state index contributed by atoms with van der Waals surface area (Å²) in [5.41, 5.74) is 5.53. The molecule has 0 amide bonds. The minimum Gasteiger partial charge on any atom is -0.278 e. The zero-order chi connectivity index (χ0) is 5.98. The van der Waals surface area contributed by atoms with Gasteiger partial charge in [-0.3, -0.25) is 5.73 Å². The Morgan fingerprint density at radius 3 is 2.88 bits per heavy atom. The first-order valence-corrected chi connectivity index (χ1v) is 3.45. The van der Waals surface area contributed by atoms with E-state index in [4.69, 9.17) is 5.73 Å². The van der Waals surface area contributed by atoms with E-state index in [9.17, 15) is 0 Å². The van der Waals surface area contributed by atoms with Gasteiger partial charge in [0.2, 0.25) is 0 Å². The number of aromatic nitrogens is 1. The highest BCUT2D eigenvalue weighted by Crippen LogP contribution is 2.01. The minimum atomic E-state index is 0.882. The van der Waals surface area contributed by atoms with Crippen molar-refractivity contribution >= 4 is 16.5 Å². The van der Waals surface area contributed by atoms with E-state index in [1.807, 2.05) is 16.1 Å². The molecule has 0 aliphatic rings. The number of nitrogen functional groups attached to an aromatic ring is 1. The molecule has 1 heterocycles. The molecular formula is C5H9N2S+. The Labute approximate surface area is 52.6 Å². The van der Waals surface area contributed by atoms with Gasteiger partial charge in [0.1, 0.15) is 6.20 Å². The van der Waals surface area contributed by atoms with Crippen LogP contribution >= 0.6 is 11.3 Å². The Morgan fingerprint density at radius 2 is 2.62 bits per heavy atom. The first kappa shape index (κ1) is 5.56. The first-order chi connectivity index (χ1) is 3.84. The fourth-order valence-electron chi connectivity index (χ4n) is 0.576. The fraction of sp³-hybridized carbons (Fsp3) is 0.400. The van der Waals surface area contributed by atoms with Crippen LogP contribution in [0, 0.1) is 0 Å². The second-order valence-electron chi connectivity index (χ2n) is 1.53. The Kier molecular flexibility index (Phi) is 1.48. The van der Waals surface area contributed by atoms with Gasteiger partial charge in [-0.05, 0) is 6.92 Å². The minimum absolute atomic E-state index is 0.882. The number of nitrogens with zero attached hydrogens (tertiary/aromatic N) is 1. The van der Waals surface area contributed by atoms with E-state index in [2.05, 4.69) is 6.92 Å². The molecule has 2 nitrogen and oxygen atoms in total. The zero-order valence-corrected chi connectivity index (χ0v) is 5.61. The Hall–Kier alpha value is -0.570. The van der Waals surface area contributed by atoms with Crippen LogP contribution in [-0.2, 0) is 6.54 Å². The van der Waals surface area contributed by atoms with Gasteiger partial charge in [-0.1, -0.05) is 11.3 Å². The van der Waals surface area contributed by atoms with E-state index in [1.165, 1.54) is 0 Å². The number of hydrogen-bond acceptors (Lipinski definition) is 2. The van der Waals surface area contributed by atoms with Crippen molar-refractivity contribution in [2.75, 3.05) is 5.73 Å². The van der Waals surface area contributed by atoms with Crippen LogP contribution in [0.4, 0.5) is 5.13 Å². The number of aryl methyl sites for hydroxylation is 1. The highest BCUT2D eigenvalue weighted by molar-refractivity contribution is 7.12. The van der Waals surface area contributed by atoms with Gasteiger partial charge >= 0.3 is 5.13 Å². The van der Waals surface area contributed by atoms with Crippen molar-refractivity contribution in [2.45, 2.75) is 13.5 Å². The van der Waals surface area contributed by atoms with E-state index in [0.29, 0.717) is 0 Å². The van der Waals surface area contributed by atoms with E-state index in [1.54, 1.807) is 11.3 Å². The number of hydrogen-bond donors (Lipinski definition) is 1. The quantitative estimate of drug-likeness (QED) is 0.554. The average molecular weight is 129 g/mol. The van der Waals surface area contributed by atoms with Gasteiger partial charge in [-0.25, -0.2) is 4.57 Å². The summed E-state index contributed by atoms with van der Waals surface area (Å²) in [7, 11) is 0. The third-order valence-electron chi connectivity index (χ3n) is 1.05. The molecule has 0 fully saturated rings. The van der Waals surface area contributed by atoms with Crippen molar-refractivity contribution in [1.82, 2.24) is 0 Å². The molecule has 0 saturated carbocycles. The van der Waals surface area contributed by atoms with Gasteiger partial charge in [0.25, 0.3) is 0 Å². The molecule has 0 aromatic carbocycles. The summed E-state index contributed by atoms with van der Waals surface area (Å²) < 4.78 is 2.00. The molecule has 1 rings (SSSR count). The van der Waals surface area contributed by atoms with Gasteiger partial charge in [0.05, 0.1) is 6.54 Å². The second kappa shape index (κ2) is 2.13. The summed E-state index contributed by atoms with van der Waals surface area (Å²) in [5, 5.41) is 2.87. The molecule has 3 heteroatoms. The monoisotopic (exact) mass is 129 g/mol. The van der Waals surface area contributed by atoms with Crippen molar-refractivity contribution in [3.05, 3.63) is 11.6 Å². The van der Waals surface area contributed by atoms with Crippen LogP contribution in [0.3, 0.4) is 0 Å². The summed E-state index contributed by atoms with van der Waals surface area (Å²) >= 11 is 1.57. The highest BCUT2D eigenvalue weighted by atomic mass is 32.1. The lowest BCUT2D eigenvalue weighted by Crippen LogP contribution is -2.32. The molecule has 0 bridgehead atoms. The van der Waals surface area contributed by atoms with Crippen molar-refractivity contribution in [2.24, 2.45) is 0 Å². The molecule has 0 spiro atoms. The van der Waals surface area contributed by atoms with E-state index >= 15 is 0 Å². The number of nitrogens with two attached hydrogens (primary N) is 1. The molecule has 2 N–H and O–H groups in total. The van der Waals surface area contributed by atoms with Crippen LogP contribution in [-0.4, -0.2) is 0 Å². The number of thiazole rings is 1. The standard InChI is InChI=1S/C5H8N2S/c1-2-7-3-4-8-5(7)6/h3-4,6H,2H2,1H3/p+1. The average Bonchev–Trinajstić information content (AvgIpc) is 2.14. The smallest absolute Gasteiger partial charge is 0.278 e. The Balaban J connectivity index is 2.92. The maximum Gasteiger partial charge on any atom is 0.331 e. The van der Waals surface area contributed by atoms with Crippen LogP contribution < -0.4 is 10.3 Å². The highest BCUT2D eigenvalue weighted by Gasteiger charge is 1.99. The summed E-state index contributed by atoms with van der Waals surface area (Å²) in [6.45, 7) is 3.04. The molecule has 0 aliphatic heterocycles. The SMILES string of the molecule is CC[n+]1ccsc1N.